The van der Waals surface area contributed by atoms with Crippen LogP contribution in [-0.4, -0.2) is 14.5 Å². The molecule has 42 heavy (non-hydrogen) atoms. The average molecular weight is 542 g/mol. The van der Waals surface area contributed by atoms with Gasteiger partial charge in [0, 0.05) is 28.1 Å². The smallest absolute Gasteiger partial charge is 0.235 e. The monoisotopic (exact) mass is 541 g/mol. The second kappa shape index (κ2) is 10.2. The highest BCUT2D eigenvalue weighted by atomic mass is 16.5. The molecule has 1 aliphatic carbocycles. The molecule has 2 bridgehead atoms. The lowest BCUT2D eigenvalue weighted by Crippen LogP contribution is -2.01. The molecule has 3 heterocycles. The van der Waals surface area contributed by atoms with Crippen LogP contribution in [0.2, 0.25) is 0 Å². The van der Waals surface area contributed by atoms with Gasteiger partial charge in [-0.3, -0.25) is 4.57 Å². The Hall–Kier alpha value is -5.48. The maximum atomic E-state index is 6.04. The van der Waals surface area contributed by atoms with Crippen molar-refractivity contribution in [2.24, 2.45) is 5.92 Å². The highest BCUT2D eigenvalue weighted by molar-refractivity contribution is 6.10. The normalized spacial score (nSPS) is 17.3. The maximum absolute atomic E-state index is 6.04. The van der Waals surface area contributed by atoms with Crippen LogP contribution in [0, 0.1) is 5.92 Å². The second-order valence-corrected chi connectivity index (χ2v) is 10.7. The molecule has 0 fully saturated rings. The van der Waals surface area contributed by atoms with Gasteiger partial charge in [0.1, 0.15) is 5.75 Å². The Labute approximate surface area is 244 Å². The number of aromatic nitrogens is 3. The Balaban J connectivity index is 1.27. The number of fused-ring (bicyclic) bond motifs is 6. The molecule has 0 radical (unpaired) electrons. The Morgan fingerprint density at radius 2 is 1.57 bits per heavy atom. The molecule has 200 valence electrons. The third kappa shape index (κ3) is 4.25. The SMILES string of the molecule is C1=CC2=CC(/C=C\C=C\Oc3ccc(-c4ccc5c(c4)c4ccccc4n5-c4nccc(-c5ccccc5)n4)cc32)C1. The average Bonchev–Trinajstić information content (AvgIpc) is 3.39. The Kier molecular flexibility index (Phi) is 5.89. The summed E-state index contributed by atoms with van der Waals surface area (Å²) in [6.45, 7) is 0. The minimum atomic E-state index is 0.384. The zero-order chi connectivity index (χ0) is 27.9. The molecule has 1 unspecified atom stereocenters. The van der Waals surface area contributed by atoms with Crippen molar-refractivity contribution in [1.82, 2.24) is 14.5 Å². The van der Waals surface area contributed by atoms with Gasteiger partial charge in [0.2, 0.25) is 5.95 Å². The fourth-order valence-corrected chi connectivity index (χ4v) is 6.02. The summed E-state index contributed by atoms with van der Waals surface area (Å²) in [6, 6.07) is 33.8. The molecule has 0 saturated heterocycles. The van der Waals surface area contributed by atoms with Crippen molar-refractivity contribution in [2.45, 2.75) is 6.42 Å². The lowest BCUT2D eigenvalue weighted by atomic mass is 9.90. The van der Waals surface area contributed by atoms with Crippen LogP contribution < -0.4 is 4.74 Å². The molecule has 0 amide bonds. The van der Waals surface area contributed by atoms with E-state index in [9.17, 15) is 0 Å². The van der Waals surface area contributed by atoms with Gasteiger partial charge in [-0.2, -0.15) is 0 Å². The van der Waals surface area contributed by atoms with Gasteiger partial charge in [0.05, 0.1) is 23.0 Å². The highest BCUT2D eigenvalue weighted by Gasteiger charge is 2.17. The van der Waals surface area contributed by atoms with Crippen LogP contribution >= 0.6 is 0 Å². The second-order valence-electron chi connectivity index (χ2n) is 10.7. The van der Waals surface area contributed by atoms with Crippen LogP contribution in [0.5, 0.6) is 5.75 Å². The Morgan fingerprint density at radius 3 is 2.52 bits per heavy atom. The van der Waals surface area contributed by atoms with Crippen molar-refractivity contribution < 1.29 is 4.74 Å². The third-order valence-corrected chi connectivity index (χ3v) is 8.05. The number of nitrogens with zero attached hydrogens (tertiary/aromatic N) is 3. The van der Waals surface area contributed by atoms with E-state index in [0.29, 0.717) is 11.9 Å². The van der Waals surface area contributed by atoms with Crippen LogP contribution in [0.4, 0.5) is 0 Å². The van der Waals surface area contributed by atoms with E-state index in [4.69, 9.17) is 14.7 Å². The number of ether oxygens (including phenoxy) is 1. The molecule has 0 spiro atoms. The summed E-state index contributed by atoms with van der Waals surface area (Å²) in [5.41, 5.74) is 8.71. The zero-order valence-electron chi connectivity index (χ0n) is 22.9. The molecule has 4 heteroatoms. The first-order valence-electron chi connectivity index (χ1n) is 14.3. The van der Waals surface area contributed by atoms with Crippen LogP contribution in [0.3, 0.4) is 0 Å². The summed E-state index contributed by atoms with van der Waals surface area (Å²) >= 11 is 0. The first-order valence-corrected chi connectivity index (χ1v) is 14.3. The Morgan fingerprint density at radius 1 is 0.738 bits per heavy atom. The first-order chi connectivity index (χ1) is 20.8. The lowest BCUT2D eigenvalue weighted by Gasteiger charge is -2.18. The summed E-state index contributed by atoms with van der Waals surface area (Å²) < 4.78 is 8.21. The van der Waals surface area contributed by atoms with Crippen LogP contribution in [-0.2, 0) is 0 Å². The van der Waals surface area contributed by atoms with E-state index >= 15 is 0 Å². The minimum absolute atomic E-state index is 0.384. The number of hydrogen-bond acceptors (Lipinski definition) is 3. The quantitative estimate of drug-likeness (QED) is 0.224. The molecule has 8 rings (SSSR count). The van der Waals surface area contributed by atoms with E-state index in [1.54, 1.807) is 6.26 Å². The lowest BCUT2D eigenvalue weighted by molar-refractivity contribution is 0.479. The first kappa shape index (κ1) is 24.3. The summed E-state index contributed by atoms with van der Waals surface area (Å²) in [5, 5.41) is 2.33. The number of benzene rings is 4. The van der Waals surface area contributed by atoms with E-state index in [1.165, 1.54) is 11.0 Å². The van der Waals surface area contributed by atoms with Gasteiger partial charge >= 0.3 is 0 Å². The summed E-state index contributed by atoms with van der Waals surface area (Å²) in [4.78, 5) is 9.70. The van der Waals surface area contributed by atoms with E-state index in [-0.39, 0.29) is 0 Å². The number of para-hydroxylation sites is 1. The van der Waals surface area contributed by atoms with Crippen molar-refractivity contribution in [1.29, 1.82) is 0 Å². The summed E-state index contributed by atoms with van der Waals surface area (Å²) in [5.74, 6) is 1.90. The van der Waals surface area contributed by atoms with E-state index < -0.39 is 0 Å². The molecule has 1 atom stereocenters. The van der Waals surface area contributed by atoms with Gasteiger partial charge in [-0.1, -0.05) is 91.0 Å². The van der Waals surface area contributed by atoms with Gasteiger partial charge in [-0.05, 0) is 71.5 Å². The van der Waals surface area contributed by atoms with Gasteiger partial charge in [0.15, 0.2) is 0 Å². The predicted octanol–water partition coefficient (Wildman–Crippen LogP) is 9.33. The molecule has 2 aromatic heterocycles. The number of allylic oxidation sites excluding steroid dienone is 7. The fraction of sp³-hybridized carbons (Fsp3) is 0.0526. The van der Waals surface area contributed by atoms with Crippen LogP contribution in [0.15, 0.2) is 146 Å². The molecule has 2 aliphatic rings. The van der Waals surface area contributed by atoms with Gasteiger partial charge in [-0.15, -0.1) is 0 Å². The zero-order valence-corrected chi connectivity index (χ0v) is 22.9. The van der Waals surface area contributed by atoms with Crippen molar-refractivity contribution in [3.63, 3.8) is 0 Å². The van der Waals surface area contributed by atoms with Crippen molar-refractivity contribution in [3.05, 3.63) is 152 Å². The Bertz CT molecular complexity index is 2100. The highest BCUT2D eigenvalue weighted by Crippen LogP contribution is 2.38. The third-order valence-electron chi connectivity index (χ3n) is 8.05. The van der Waals surface area contributed by atoms with E-state index in [0.717, 1.165) is 56.5 Å². The van der Waals surface area contributed by atoms with Crippen molar-refractivity contribution in [3.8, 4) is 34.1 Å². The number of rotatable bonds is 3. The molecular formula is C38H27N3O. The van der Waals surface area contributed by atoms with Crippen LogP contribution in [0.25, 0.3) is 55.7 Å². The maximum Gasteiger partial charge on any atom is 0.235 e. The van der Waals surface area contributed by atoms with Crippen LogP contribution in [0.1, 0.15) is 12.0 Å². The molecule has 4 nitrogen and oxygen atoms in total. The largest absolute Gasteiger partial charge is 0.464 e. The molecule has 6 aromatic rings. The number of hydrogen-bond donors (Lipinski definition) is 0. The summed E-state index contributed by atoms with van der Waals surface area (Å²) in [6.07, 6.45) is 17.7. The molecule has 1 aliphatic heterocycles. The standard InChI is InChI=1S/C38H27N3O/c1-2-11-27(12-3-1)34-20-21-39-38(40-34)41-35-15-5-4-14-31(35)33-25-28(16-18-36(33)41)29-17-19-37-32(24-29)30-13-8-10-26(23-30)9-6-7-22-42-37/h1-9,11-26H,10H2/b9-6-,22-7+. The summed E-state index contributed by atoms with van der Waals surface area (Å²) in [7, 11) is 0. The fourth-order valence-electron chi connectivity index (χ4n) is 6.02. The predicted molar refractivity (Wildman–Crippen MR) is 171 cm³/mol. The van der Waals surface area contributed by atoms with Gasteiger partial charge < -0.3 is 4.74 Å². The molecule has 0 saturated carbocycles. The molecular weight excluding hydrogens is 514 g/mol. The van der Waals surface area contributed by atoms with Crippen molar-refractivity contribution >= 4 is 27.4 Å². The topological polar surface area (TPSA) is 39.9 Å². The molecule has 4 aromatic carbocycles. The van der Waals surface area contributed by atoms with Gasteiger partial charge in [0.25, 0.3) is 0 Å². The minimum Gasteiger partial charge on any atom is -0.464 e. The van der Waals surface area contributed by atoms with E-state index in [1.807, 2.05) is 36.5 Å². The molecule has 0 N–H and O–H groups in total. The van der Waals surface area contributed by atoms with Crippen molar-refractivity contribution in [2.75, 3.05) is 0 Å². The van der Waals surface area contributed by atoms with Gasteiger partial charge in [-0.25, -0.2) is 9.97 Å². The van der Waals surface area contributed by atoms with E-state index in [2.05, 4.69) is 108 Å².